The molecule has 4 heterocycles. The minimum Gasteiger partial charge on any atom is -0.333 e. The van der Waals surface area contributed by atoms with Crippen molar-refractivity contribution in [1.82, 2.24) is 24.6 Å². The zero-order valence-corrected chi connectivity index (χ0v) is 19.9. The molecule has 0 N–H and O–H groups in total. The topological polar surface area (TPSA) is 63.9 Å². The minimum absolute atomic E-state index is 0.104. The van der Waals surface area contributed by atoms with Gasteiger partial charge in [0.25, 0.3) is 0 Å². The normalized spacial score (nSPS) is 16.7. The summed E-state index contributed by atoms with van der Waals surface area (Å²) in [5.41, 5.74) is 5.32. The first kappa shape index (κ1) is 21.1. The zero-order valence-electron chi connectivity index (χ0n) is 19.1. The molecule has 1 aliphatic rings. The van der Waals surface area contributed by atoms with E-state index in [1.54, 1.807) is 11.3 Å². The zero-order chi connectivity index (χ0) is 22.4. The molecule has 3 aromatic heterocycles. The van der Waals surface area contributed by atoms with E-state index in [4.69, 9.17) is 9.97 Å². The molecule has 0 spiro atoms. The van der Waals surface area contributed by atoms with Crippen LogP contribution in [0.1, 0.15) is 67.0 Å². The number of para-hydroxylation sites is 1. The molecule has 7 heteroatoms. The van der Waals surface area contributed by atoms with Gasteiger partial charge < -0.3 is 4.90 Å². The highest BCUT2D eigenvalue weighted by Gasteiger charge is 2.32. The molecule has 0 aliphatic carbocycles. The van der Waals surface area contributed by atoms with Gasteiger partial charge in [-0.15, -0.1) is 11.3 Å². The van der Waals surface area contributed by atoms with Gasteiger partial charge in [0.2, 0.25) is 5.91 Å². The van der Waals surface area contributed by atoms with E-state index in [2.05, 4.69) is 31.9 Å². The third-order valence-corrected chi connectivity index (χ3v) is 7.72. The molecule has 0 radical (unpaired) electrons. The Balaban J connectivity index is 1.35. The van der Waals surface area contributed by atoms with Crippen LogP contribution in [0, 0.1) is 13.8 Å². The lowest BCUT2D eigenvalue weighted by Crippen LogP contribution is -2.30. The third kappa shape index (κ3) is 3.58. The van der Waals surface area contributed by atoms with Gasteiger partial charge in [0.15, 0.2) is 5.65 Å². The van der Waals surface area contributed by atoms with Crippen molar-refractivity contribution in [2.24, 2.45) is 0 Å². The summed E-state index contributed by atoms with van der Waals surface area (Å²) in [5, 5.41) is 6.68. The Morgan fingerprint density at radius 2 is 2.03 bits per heavy atom. The monoisotopic (exact) mass is 447 g/mol. The van der Waals surface area contributed by atoms with Crippen LogP contribution in [0.3, 0.4) is 0 Å². The number of carbonyl (C=O) groups excluding carboxylic acids is 1. The quantitative estimate of drug-likeness (QED) is 0.403. The summed E-state index contributed by atoms with van der Waals surface area (Å²) < 4.78 is 3.16. The van der Waals surface area contributed by atoms with Crippen LogP contribution in [-0.2, 0) is 11.2 Å². The van der Waals surface area contributed by atoms with Crippen LogP contribution >= 0.6 is 11.3 Å². The van der Waals surface area contributed by atoms with E-state index < -0.39 is 0 Å². The molecule has 1 amide bonds. The average molecular weight is 448 g/mol. The van der Waals surface area contributed by atoms with Crippen LogP contribution in [0.5, 0.6) is 0 Å². The first-order valence-corrected chi connectivity index (χ1v) is 12.2. The molecule has 166 valence electrons. The van der Waals surface area contributed by atoms with E-state index in [0.717, 1.165) is 46.6 Å². The number of thiazole rings is 1. The lowest BCUT2D eigenvalue weighted by atomic mass is 10.00. The fourth-order valence-electron chi connectivity index (χ4n) is 4.87. The Bertz CT molecular complexity index is 1270. The number of likely N-dealkylation sites (tertiary alicyclic amines) is 1. The molecule has 1 atom stereocenters. The van der Waals surface area contributed by atoms with E-state index in [1.807, 2.05) is 40.9 Å². The fraction of sp³-hybridized carbons (Fsp3) is 0.440. The maximum absolute atomic E-state index is 13.3. The molecule has 0 unspecified atom stereocenters. The minimum atomic E-state index is 0.104. The molecule has 6 nitrogen and oxygen atoms in total. The number of amides is 1. The molecule has 1 aromatic carbocycles. The predicted molar refractivity (Wildman–Crippen MR) is 129 cm³/mol. The highest BCUT2D eigenvalue weighted by atomic mass is 32.1. The Morgan fingerprint density at radius 3 is 2.81 bits per heavy atom. The number of hydrogen-bond acceptors (Lipinski definition) is 5. The van der Waals surface area contributed by atoms with Gasteiger partial charge in [-0.3, -0.25) is 4.79 Å². The largest absolute Gasteiger partial charge is 0.333 e. The van der Waals surface area contributed by atoms with E-state index in [1.165, 1.54) is 15.8 Å². The molecule has 1 fully saturated rings. The first-order chi connectivity index (χ1) is 15.4. The summed E-state index contributed by atoms with van der Waals surface area (Å²) in [5.74, 6) is 0.212. The number of fused-ring (bicyclic) bond motifs is 2. The number of nitrogens with zero attached hydrogens (tertiary/aromatic N) is 5. The molecule has 1 aliphatic heterocycles. The molecular weight excluding hydrogens is 418 g/mol. The van der Waals surface area contributed by atoms with E-state index in [0.29, 0.717) is 12.8 Å². The number of carbonyl (C=O) groups is 1. The summed E-state index contributed by atoms with van der Waals surface area (Å²) in [6.45, 7) is 9.22. The Morgan fingerprint density at radius 1 is 1.22 bits per heavy atom. The van der Waals surface area contributed by atoms with E-state index in [-0.39, 0.29) is 18.0 Å². The smallest absolute Gasteiger partial charge is 0.223 e. The maximum atomic E-state index is 13.3. The summed E-state index contributed by atoms with van der Waals surface area (Å²) in [7, 11) is 0. The Kier molecular flexibility index (Phi) is 5.45. The SMILES string of the molecule is Cc1nc2c(cnn2C(C)C)c(C)c1CCC(=O)N1CCC[C@@H]1c1nc2ccccc2s1. The number of aromatic nitrogens is 4. The van der Waals surface area contributed by atoms with Gasteiger partial charge in [-0.1, -0.05) is 12.1 Å². The predicted octanol–water partition coefficient (Wildman–Crippen LogP) is 5.54. The van der Waals surface area contributed by atoms with Crippen molar-refractivity contribution in [2.75, 3.05) is 6.54 Å². The van der Waals surface area contributed by atoms with Gasteiger partial charge in [0, 0.05) is 30.1 Å². The summed E-state index contributed by atoms with van der Waals surface area (Å²) >= 11 is 1.72. The van der Waals surface area contributed by atoms with E-state index in [9.17, 15) is 4.79 Å². The van der Waals surface area contributed by atoms with Crippen LogP contribution < -0.4 is 0 Å². The van der Waals surface area contributed by atoms with Crippen molar-refractivity contribution < 1.29 is 4.79 Å². The number of rotatable bonds is 5. The second-order valence-electron chi connectivity index (χ2n) is 8.99. The van der Waals surface area contributed by atoms with Crippen LogP contribution in [0.15, 0.2) is 30.5 Å². The van der Waals surface area contributed by atoms with Gasteiger partial charge in [0.1, 0.15) is 5.01 Å². The molecule has 0 saturated carbocycles. The number of hydrogen-bond donors (Lipinski definition) is 0. The first-order valence-electron chi connectivity index (χ1n) is 11.4. The molecule has 1 saturated heterocycles. The number of aryl methyl sites for hydroxylation is 2. The van der Waals surface area contributed by atoms with Crippen LogP contribution in [0.25, 0.3) is 21.3 Å². The second-order valence-corrected chi connectivity index (χ2v) is 10.0. The lowest BCUT2D eigenvalue weighted by Gasteiger charge is -2.23. The fourth-order valence-corrected chi connectivity index (χ4v) is 5.98. The van der Waals surface area contributed by atoms with Crippen molar-refractivity contribution in [3.05, 3.63) is 52.3 Å². The highest BCUT2D eigenvalue weighted by molar-refractivity contribution is 7.18. The Labute approximate surface area is 192 Å². The maximum Gasteiger partial charge on any atom is 0.223 e. The van der Waals surface area contributed by atoms with Crippen LogP contribution in [0.4, 0.5) is 0 Å². The standard InChI is InChI=1S/C25H29N5OS/c1-15(2)30-24-19(14-26-30)16(3)18(17(4)27-24)11-12-23(31)29-13-7-9-21(29)25-28-20-8-5-6-10-22(20)32-25/h5-6,8,10,14-15,21H,7,9,11-13H2,1-4H3/t21-/m1/s1. The van der Waals surface area contributed by atoms with Crippen LogP contribution in [-0.4, -0.2) is 37.1 Å². The van der Waals surface area contributed by atoms with Gasteiger partial charge in [0.05, 0.1) is 22.5 Å². The van der Waals surface area contributed by atoms with Gasteiger partial charge in [-0.25, -0.2) is 14.6 Å². The van der Waals surface area contributed by atoms with Crippen molar-refractivity contribution in [3.8, 4) is 0 Å². The molecule has 0 bridgehead atoms. The average Bonchev–Trinajstić information content (AvgIpc) is 3.50. The molecule has 5 rings (SSSR count). The third-order valence-electron chi connectivity index (χ3n) is 6.58. The summed E-state index contributed by atoms with van der Waals surface area (Å²) in [6, 6.07) is 8.58. The van der Waals surface area contributed by atoms with Crippen molar-refractivity contribution in [1.29, 1.82) is 0 Å². The second kappa shape index (κ2) is 8.28. The molecule has 4 aromatic rings. The Hall–Kier alpha value is -2.80. The molecular formula is C25H29N5OS. The molecule has 32 heavy (non-hydrogen) atoms. The van der Waals surface area contributed by atoms with Gasteiger partial charge in [-0.2, -0.15) is 5.10 Å². The lowest BCUT2D eigenvalue weighted by molar-refractivity contribution is -0.132. The summed E-state index contributed by atoms with van der Waals surface area (Å²) in [6.07, 6.45) is 5.13. The van der Waals surface area contributed by atoms with Gasteiger partial charge >= 0.3 is 0 Å². The van der Waals surface area contributed by atoms with E-state index >= 15 is 0 Å². The van der Waals surface area contributed by atoms with Crippen LogP contribution in [0.2, 0.25) is 0 Å². The number of benzene rings is 1. The highest BCUT2D eigenvalue weighted by Crippen LogP contribution is 2.37. The van der Waals surface area contributed by atoms with Crippen molar-refractivity contribution in [3.63, 3.8) is 0 Å². The summed E-state index contributed by atoms with van der Waals surface area (Å²) in [4.78, 5) is 25.0. The van der Waals surface area contributed by atoms with Gasteiger partial charge in [-0.05, 0) is 70.2 Å². The van der Waals surface area contributed by atoms with Crippen molar-refractivity contribution in [2.45, 2.75) is 65.5 Å². The van der Waals surface area contributed by atoms with Crippen molar-refractivity contribution >= 4 is 38.5 Å². The number of pyridine rings is 1.